The molecule has 3 heterocycles. The fourth-order valence-electron chi connectivity index (χ4n) is 4.67. The maximum atomic E-state index is 12.9. The monoisotopic (exact) mass is 408 g/mol. The van der Waals surface area contributed by atoms with Gasteiger partial charge >= 0.3 is 6.03 Å². The highest BCUT2D eigenvalue weighted by Gasteiger charge is 2.51. The minimum atomic E-state index is -0.768. The molecule has 1 N–H and O–H groups in total. The third-order valence-electron chi connectivity index (χ3n) is 6.24. The van der Waals surface area contributed by atoms with E-state index in [2.05, 4.69) is 15.0 Å². The molecule has 2 aliphatic heterocycles. The van der Waals surface area contributed by atoms with E-state index in [0.29, 0.717) is 18.6 Å². The van der Waals surface area contributed by atoms with Gasteiger partial charge in [0.15, 0.2) is 11.5 Å². The normalized spacial score (nSPS) is 19.9. The highest BCUT2D eigenvalue weighted by Crippen LogP contribution is 2.35. The smallest absolute Gasteiger partial charge is 0.346 e. The number of aryl methyl sites for hydroxylation is 1. The van der Waals surface area contributed by atoms with Crippen LogP contribution in [0.1, 0.15) is 49.1 Å². The Hall–Kier alpha value is -3.29. The molecule has 0 unspecified atom stereocenters. The number of carbonyl (C=O) groups is 2. The zero-order valence-corrected chi connectivity index (χ0v) is 17.1. The van der Waals surface area contributed by atoms with Crippen LogP contribution in [0.3, 0.4) is 0 Å². The summed E-state index contributed by atoms with van der Waals surface area (Å²) in [6, 6.07) is 7.34. The Kier molecular flexibility index (Phi) is 4.30. The van der Waals surface area contributed by atoms with Crippen molar-refractivity contribution < 1.29 is 19.1 Å². The average Bonchev–Trinajstić information content (AvgIpc) is 3.37. The van der Waals surface area contributed by atoms with Gasteiger partial charge in [0.1, 0.15) is 5.54 Å². The summed E-state index contributed by atoms with van der Waals surface area (Å²) in [5.74, 6) is 1.21. The number of nitrogens with one attached hydrogen (secondary N) is 1. The molecule has 5 rings (SSSR count). The quantitative estimate of drug-likeness (QED) is 0.623. The van der Waals surface area contributed by atoms with E-state index < -0.39 is 11.6 Å². The van der Waals surface area contributed by atoms with Crippen LogP contribution >= 0.6 is 0 Å². The number of nitrogens with zero attached hydrogens (tertiary/aromatic N) is 3. The van der Waals surface area contributed by atoms with E-state index in [-0.39, 0.29) is 12.7 Å². The van der Waals surface area contributed by atoms with Crippen molar-refractivity contribution in [2.24, 2.45) is 5.10 Å². The Bertz CT molecular complexity index is 1070. The standard InChI is InChI=1S/C22H24N4O4/c1-14-10-16(15(2)25(14)17-6-7-18-19(11-17)30-13-29-18)12-23-26-20(27)22(24-21(26)28)8-4-3-5-9-22/h6-7,10-12H,3-5,8-9,13H2,1-2H3,(H,24,28)/b23-12-. The van der Waals surface area contributed by atoms with Crippen LogP contribution in [0.5, 0.6) is 11.5 Å². The summed E-state index contributed by atoms with van der Waals surface area (Å²) >= 11 is 0. The van der Waals surface area contributed by atoms with Gasteiger partial charge in [-0.3, -0.25) is 4.79 Å². The SMILES string of the molecule is Cc1cc(/C=N\N2C(=O)NC3(CCCCC3)C2=O)c(C)n1-c1ccc2c(c1)OCO2. The molecule has 156 valence electrons. The molecule has 3 amide bonds. The molecule has 1 aliphatic carbocycles. The Morgan fingerprint density at radius 2 is 1.83 bits per heavy atom. The van der Waals surface area contributed by atoms with Crippen LogP contribution in [0.2, 0.25) is 0 Å². The fraction of sp³-hybridized carbons (Fsp3) is 0.409. The molecule has 0 radical (unpaired) electrons. The van der Waals surface area contributed by atoms with E-state index in [9.17, 15) is 9.59 Å². The van der Waals surface area contributed by atoms with Crippen molar-refractivity contribution in [3.05, 3.63) is 41.2 Å². The van der Waals surface area contributed by atoms with Gasteiger partial charge in [-0.2, -0.15) is 5.10 Å². The van der Waals surface area contributed by atoms with E-state index in [0.717, 1.165) is 52.7 Å². The van der Waals surface area contributed by atoms with E-state index in [1.54, 1.807) is 6.21 Å². The number of benzene rings is 1. The first-order chi connectivity index (χ1) is 14.5. The molecular formula is C22H24N4O4. The van der Waals surface area contributed by atoms with Gasteiger partial charge in [0.2, 0.25) is 6.79 Å². The number of urea groups is 1. The number of imide groups is 1. The number of fused-ring (bicyclic) bond motifs is 1. The number of hydrogen-bond acceptors (Lipinski definition) is 5. The van der Waals surface area contributed by atoms with Crippen LogP contribution in [0.4, 0.5) is 4.79 Å². The summed E-state index contributed by atoms with van der Waals surface area (Å²) in [6.45, 7) is 4.21. The third-order valence-corrected chi connectivity index (χ3v) is 6.24. The number of hydrazone groups is 1. The molecule has 2 aromatic rings. The maximum Gasteiger partial charge on any atom is 0.346 e. The molecule has 30 heavy (non-hydrogen) atoms. The van der Waals surface area contributed by atoms with E-state index in [4.69, 9.17) is 9.47 Å². The van der Waals surface area contributed by atoms with E-state index in [1.165, 1.54) is 0 Å². The largest absolute Gasteiger partial charge is 0.454 e. The molecule has 1 saturated heterocycles. The second-order valence-corrected chi connectivity index (χ2v) is 8.13. The molecule has 1 saturated carbocycles. The van der Waals surface area contributed by atoms with Gasteiger partial charge in [-0.15, -0.1) is 5.01 Å². The predicted octanol–water partition coefficient (Wildman–Crippen LogP) is 3.41. The van der Waals surface area contributed by atoms with Crippen molar-refractivity contribution in [2.45, 2.75) is 51.5 Å². The Balaban J connectivity index is 1.42. The molecule has 3 aliphatic rings. The van der Waals surface area contributed by atoms with E-state index >= 15 is 0 Å². The lowest BCUT2D eigenvalue weighted by Gasteiger charge is -2.29. The Morgan fingerprint density at radius 3 is 2.63 bits per heavy atom. The number of rotatable bonds is 3. The molecule has 0 atom stereocenters. The molecule has 8 heteroatoms. The summed E-state index contributed by atoms with van der Waals surface area (Å²) in [6.07, 6.45) is 5.94. The van der Waals surface area contributed by atoms with Crippen molar-refractivity contribution in [1.29, 1.82) is 0 Å². The first kappa shape index (κ1) is 18.7. The van der Waals surface area contributed by atoms with Crippen LogP contribution in [0.15, 0.2) is 29.4 Å². The maximum absolute atomic E-state index is 12.9. The summed E-state index contributed by atoms with van der Waals surface area (Å²) in [4.78, 5) is 25.3. The molecule has 0 bridgehead atoms. The average molecular weight is 408 g/mol. The van der Waals surface area contributed by atoms with Gasteiger partial charge in [0.05, 0.1) is 6.21 Å². The van der Waals surface area contributed by atoms with Crippen LogP contribution in [-0.2, 0) is 4.79 Å². The number of hydrogen-bond donors (Lipinski definition) is 1. The predicted molar refractivity (Wildman–Crippen MR) is 110 cm³/mol. The van der Waals surface area contributed by atoms with Gasteiger partial charge in [-0.25, -0.2) is 4.79 Å². The molecule has 1 spiro atoms. The van der Waals surface area contributed by atoms with Crippen molar-refractivity contribution in [2.75, 3.05) is 6.79 Å². The Labute approximate surface area is 174 Å². The highest BCUT2D eigenvalue weighted by molar-refractivity contribution is 6.07. The van der Waals surface area contributed by atoms with Gasteiger partial charge in [-0.05, 0) is 44.9 Å². The lowest BCUT2D eigenvalue weighted by Crippen LogP contribution is -2.48. The molecule has 1 aromatic heterocycles. The molecule has 2 fully saturated rings. The molecule has 8 nitrogen and oxygen atoms in total. The van der Waals surface area contributed by atoms with Gasteiger partial charge in [0.25, 0.3) is 5.91 Å². The number of ether oxygens (including phenoxy) is 2. The summed E-state index contributed by atoms with van der Waals surface area (Å²) < 4.78 is 13.0. The minimum absolute atomic E-state index is 0.230. The van der Waals surface area contributed by atoms with Crippen LogP contribution < -0.4 is 14.8 Å². The Morgan fingerprint density at radius 1 is 1.07 bits per heavy atom. The van der Waals surface area contributed by atoms with Crippen molar-refractivity contribution in [3.8, 4) is 17.2 Å². The van der Waals surface area contributed by atoms with Gasteiger partial charge < -0.3 is 19.4 Å². The highest BCUT2D eigenvalue weighted by atomic mass is 16.7. The topological polar surface area (TPSA) is 85.2 Å². The van der Waals surface area contributed by atoms with Crippen molar-refractivity contribution in [3.63, 3.8) is 0 Å². The summed E-state index contributed by atoms with van der Waals surface area (Å²) in [5, 5.41) is 8.12. The summed E-state index contributed by atoms with van der Waals surface area (Å²) in [7, 11) is 0. The van der Waals surface area contributed by atoms with Crippen molar-refractivity contribution >= 4 is 18.2 Å². The minimum Gasteiger partial charge on any atom is -0.454 e. The van der Waals surface area contributed by atoms with Crippen LogP contribution in [-0.4, -0.2) is 40.1 Å². The van der Waals surface area contributed by atoms with Crippen LogP contribution in [0.25, 0.3) is 5.69 Å². The zero-order valence-electron chi connectivity index (χ0n) is 17.1. The van der Waals surface area contributed by atoms with Crippen molar-refractivity contribution in [1.82, 2.24) is 14.9 Å². The lowest BCUT2D eigenvalue weighted by molar-refractivity contribution is -0.132. The lowest BCUT2D eigenvalue weighted by atomic mass is 9.82. The summed E-state index contributed by atoms with van der Waals surface area (Å²) in [5.41, 5.74) is 2.99. The third kappa shape index (κ3) is 2.86. The zero-order chi connectivity index (χ0) is 20.9. The number of aromatic nitrogens is 1. The first-order valence-corrected chi connectivity index (χ1v) is 10.3. The second-order valence-electron chi connectivity index (χ2n) is 8.13. The van der Waals surface area contributed by atoms with Gasteiger partial charge in [0, 0.05) is 28.7 Å². The molecule has 1 aromatic carbocycles. The van der Waals surface area contributed by atoms with E-state index in [1.807, 2.05) is 38.1 Å². The first-order valence-electron chi connectivity index (χ1n) is 10.3. The second kappa shape index (κ2) is 6.90. The number of amides is 3. The molecular weight excluding hydrogens is 384 g/mol. The van der Waals surface area contributed by atoms with Crippen LogP contribution in [0, 0.1) is 13.8 Å². The number of carbonyl (C=O) groups excluding carboxylic acids is 2. The van der Waals surface area contributed by atoms with Gasteiger partial charge in [-0.1, -0.05) is 19.3 Å². The fourth-order valence-corrected chi connectivity index (χ4v) is 4.67.